The molecule has 0 aliphatic carbocycles. The number of nitrogens with one attached hydrogen (secondary N) is 4. The molecule has 2 aromatic carbocycles. The fraction of sp³-hybridized carbons (Fsp3) is 0.0625. The molecule has 0 aromatic heterocycles. The summed E-state index contributed by atoms with van der Waals surface area (Å²) in [5, 5.41) is 5.25. The number of amides is 2. The molecular formula is C16H15FN4O2S. The Hall–Kier alpha value is -3.00. The van der Waals surface area contributed by atoms with Crippen LogP contribution in [0, 0.1) is 5.82 Å². The van der Waals surface area contributed by atoms with Gasteiger partial charge >= 0.3 is 0 Å². The molecule has 2 aromatic rings. The molecule has 0 fully saturated rings. The average Bonchev–Trinajstić information content (AvgIpc) is 2.54. The normalized spacial score (nSPS) is 9.75. The van der Waals surface area contributed by atoms with Crippen molar-refractivity contribution in [2.24, 2.45) is 0 Å². The first-order chi connectivity index (χ1) is 11.5. The number of halogens is 1. The number of hydrogen-bond acceptors (Lipinski definition) is 3. The molecule has 0 aliphatic heterocycles. The number of anilines is 2. The molecule has 2 amide bonds. The highest BCUT2D eigenvalue weighted by Crippen LogP contribution is 2.12. The Bertz CT molecular complexity index is 782. The van der Waals surface area contributed by atoms with E-state index in [4.69, 9.17) is 12.2 Å². The number of thiocarbonyl (C=S) groups is 1. The molecule has 0 bridgehead atoms. The van der Waals surface area contributed by atoms with Gasteiger partial charge in [-0.2, -0.15) is 0 Å². The fourth-order valence-electron chi connectivity index (χ4n) is 1.84. The molecule has 6 nitrogen and oxygen atoms in total. The standard InChI is InChI=1S/C16H15FN4O2S/c1-10(22)18-12-6-4-5-11(9-12)15(23)20-21-16(24)19-14-8-3-2-7-13(14)17/h2-9H,1H3,(H,18,22)(H,20,23)(H2,19,21,24). The zero-order valence-electron chi connectivity index (χ0n) is 12.7. The molecule has 0 heterocycles. The van der Waals surface area contributed by atoms with Crippen LogP contribution >= 0.6 is 12.2 Å². The van der Waals surface area contributed by atoms with E-state index in [0.29, 0.717) is 11.3 Å². The van der Waals surface area contributed by atoms with Crippen LogP contribution in [0.15, 0.2) is 48.5 Å². The lowest BCUT2D eigenvalue weighted by Gasteiger charge is -2.12. The van der Waals surface area contributed by atoms with Gasteiger partial charge in [-0.3, -0.25) is 20.4 Å². The maximum absolute atomic E-state index is 13.5. The van der Waals surface area contributed by atoms with Crippen molar-refractivity contribution in [1.29, 1.82) is 0 Å². The van der Waals surface area contributed by atoms with Gasteiger partial charge in [-0.25, -0.2) is 4.39 Å². The Morgan fingerprint density at radius 1 is 1.00 bits per heavy atom. The number of para-hydroxylation sites is 1. The van der Waals surface area contributed by atoms with Gasteiger partial charge in [-0.15, -0.1) is 0 Å². The Morgan fingerprint density at radius 3 is 2.46 bits per heavy atom. The molecule has 0 saturated heterocycles. The van der Waals surface area contributed by atoms with Gasteiger partial charge in [0.15, 0.2) is 5.11 Å². The van der Waals surface area contributed by atoms with Gasteiger partial charge in [-0.1, -0.05) is 18.2 Å². The molecule has 24 heavy (non-hydrogen) atoms. The first-order valence-electron chi connectivity index (χ1n) is 6.95. The monoisotopic (exact) mass is 346 g/mol. The number of hydrazine groups is 1. The molecule has 0 radical (unpaired) electrons. The summed E-state index contributed by atoms with van der Waals surface area (Å²) in [5.74, 6) is -1.16. The Balaban J connectivity index is 1.92. The minimum absolute atomic E-state index is 0.0338. The summed E-state index contributed by atoms with van der Waals surface area (Å²) in [5.41, 5.74) is 5.89. The van der Waals surface area contributed by atoms with Crippen molar-refractivity contribution in [3.8, 4) is 0 Å². The largest absolute Gasteiger partial charge is 0.329 e. The number of benzene rings is 2. The van der Waals surface area contributed by atoms with E-state index in [1.807, 2.05) is 0 Å². The van der Waals surface area contributed by atoms with Crippen molar-refractivity contribution in [3.05, 3.63) is 59.9 Å². The molecule has 0 spiro atoms. The second kappa shape index (κ2) is 8.02. The number of rotatable bonds is 3. The maximum atomic E-state index is 13.5. The van der Waals surface area contributed by atoms with Crippen molar-refractivity contribution in [2.75, 3.05) is 10.6 Å². The van der Waals surface area contributed by atoms with E-state index in [-0.39, 0.29) is 16.7 Å². The van der Waals surface area contributed by atoms with Gasteiger partial charge < -0.3 is 10.6 Å². The van der Waals surface area contributed by atoms with Gasteiger partial charge in [0.05, 0.1) is 5.69 Å². The van der Waals surface area contributed by atoms with Crippen LogP contribution in [-0.2, 0) is 4.79 Å². The number of hydrogen-bond donors (Lipinski definition) is 4. The van der Waals surface area contributed by atoms with Crippen LogP contribution in [-0.4, -0.2) is 16.9 Å². The van der Waals surface area contributed by atoms with Crippen LogP contribution < -0.4 is 21.5 Å². The molecule has 8 heteroatoms. The molecule has 2 rings (SSSR count). The third-order valence-corrected chi connectivity index (χ3v) is 3.06. The first kappa shape index (κ1) is 17.4. The van der Waals surface area contributed by atoms with Crippen molar-refractivity contribution < 1.29 is 14.0 Å². The third kappa shape index (κ3) is 5.03. The highest BCUT2D eigenvalue weighted by atomic mass is 32.1. The lowest BCUT2D eigenvalue weighted by molar-refractivity contribution is -0.114. The van der Waals surface area contributed by atoms with Crippen LogP contribution in [0.5, 0.6) is 0 Å². The predicted molar refractivity (Wildman–Crippen MR) is 94.0 cm³/mol. The molecule has 0 unspecified atom stereocenters. The van der Waals surface area contributed by atoms with E-state index in [1.165, 1.54) is 25.1 Å². The molecule has 124 valence electrons. The summed E-state index contributed by atoms with van der Waals surface area (Å²) in [4.78, 5) is 23.1. The predicted octanol–water partition coefficient (Wildman–Crippen LogP) is 2.42. The van der Waals surface area contributed by atoms with Crippen LogP contribution in [0.3, 0.4) is 0 Å². The zero-order chi connectivity index (χ0) is 17.5. The topological polar surface area (TPSA) is 82.3 Å². The third-order valence-electron chi connectivity index (χ3n) is 2.86. The summed E-state index contributed by atoms with van der Waals surface area (Å²) in [6.07, 6.45) is 0. The maximum Gasteiger partial charge on any atom is 0.269 e. The minimum atomic E-state index is -0.462. The lowest BCUT2D eigenvalue weighted by Crippen LogP contribution is -2.43. The van der Waals surface area contributed by atoms with Gasteiger partial charge in [0.1, 0.15) is 5.82 Å². The smallest absolute Gasteiger partial charge is 0.269 e. The quantitative estimate of drug-likeness (QED) is 0.507. The zero-order valence-corrected chi connectivity index (χ0v) is 13.5. The van der Waals surface area contributed by atoms with Crippen LogP contribution in [0.1, 0.15) is 17.3 Å². The fourth-order valence-corrected chi connectivity index (χ4v) is 2.00. The van der Waals surface area contributed by atoms with E-state index in [2.05, 4.69) is 21.5 Å². The minimum Gasteiger partial charge on any atom is -0.329 e. The Kier molecular flexibility index (Phi) is 5.80. The molecular weight excluding hydrogens is 331 g/mol. The van der Waals surface area contributed by atoms with Crippen molar-refractivity contribution >= 4 is 40.5 Å². The highest BCUT2D eigenvalue weighted by molar-refractivity contribution is 7.80. The molecule has 0 saturated carbocycles. The molecule has 0 aliphatic rings. The first-order valence-corrected chi connectivity index (χ1v) is 7.36. The SMILES string of the molecule is CC(=O)Nc1cccc(C(=O)NNC(=S)Nc2ccccc2F)c1. The summed E-state index contributed by atoms with van der Waals surface area (Å²) in [7, 11) is 0. The second-order valence-corrected chi connectivity index (χ2v) is 5.18. The van der Waals surface area contributed by atoms with Gasteiger partial charge in [-0.05, 0) is 42.5 Å². The van der Waals surface area contributed by atoms with E-state index in [9.17, 15) is 14.0 Å². The number of carbonyl (C=O) groups excluding carboxylic acids is 2. The Morgan fingerprint density at radius 2 is 1.75 bits per heavy atom. The Labute approximate surface area is 143 Å². The van der Waals surface area contributed by atoms with E-state index in [1.54, 1.807) is 30.3 Å². The van der Waals surface area contributed by atoms with Gasteiger partial charge in [0.2, 0.25) is 5.91 Å². The van der Waals surface area contributed by atoms with E-state index in [0.717, 1.165) is 0 Å². The van der Waals surface area contributed by atoms with E-state index >= 15 is 0 Å². The lowest BCUT2D eigenvalue weighted by atomic mass is 10.2. The van der Waals surface area contributed by atoms with Gasteiger partial charge in [0, 0.05) is 18.2 Å². The molecule has 0 atom stereocenters. The molecule has 4 N–H and O–H groups in total. The van der Waals surface area contributed by atoms with Crippen LogP contribution in [0.25, 0.3) is 0 Å². The van der Waals surface area contributed by atoms with E-state index < -0.39 is 11.7 Å². The summed E-state index contributed by atoms with van der Waals surface area (Å²) in [6, 6.07) is 12.4. The summed E-state index contributed by atoms with van der Waals surface area (Å²) < 4.78 is 13.5. The highest BCUT2D eigenvalue weighted by Gasteiger charge is 2.08. The van der Waals surface area contributed by atoms with Crippen molar-refractivity contribution in [2.45, 2.75) is 6.92 Å². The average molecular weight is 346 g/mol. The summed E-state index contributed by atoms with van der Waals surface area (Å²) >= 11 is 4.99. The van der Waals surface area contributed by atoms with Crippen molar-refractivity contribution in [3.63, 3.8) is 0 Å². The van der Waals surface area contributed by atoms with Crippen LogP contribution in [0.4, 0.5) is 15.8 Å². The van der Waals surface area contributed by atoms with Crippen LogP contribution in [0.2, 0.25) is 0 Å². The number of carbonyl (C=O) groups is 2. The summed E-state index contributed by atoms with van der Waals surface area (Å²) in [6.45, 7) is 1.38. The van der Waals surface area contributed by atoms with Crippen molar-refractivity contribution in [1.82, 2.24) is 10.9 Å². The van der Waals surface area contributed by atoms with Gasteiger partial charge in [0.25, 0.3) is 5.91 Å². The second-order valence-electron chi connectivity index (χ2n) is 4.78.